The summed E-state index contributed by atoms with van der Waals surface area (Å²) in [5.74, 6) is 1.53. The largest absolute Gasteiger partial charge is 0.483 e. The number of amides is 1. The Morgan fingerprint density at radius 2 is 2.07 bits per heavy atom. The first kappa shape index (κ1) is 21.3. The summed E-state index contributed by atoms with van der Waals surface area (Å²) in [5, 5.41) is 4.17. The number of thiazole rings is 1. The molecule has 0 aliphatic carbocycles. The maximum atomic E-state index is 12.1. The summed E-state index contributed by atoms with van der Waals surface area (Å²) in [6.45, 7) is 8.05. The second-order valence-corrected chi connectivity index (χ2v) is 9.34. The van der Waals surface area contributed by atoms with Crippen molar-refractivity contribution in [1.82, 2.24) is 10.4 Å². The summed E-state index contributed by atoms with van der Waals surface area (Å²) in [6, 6.07) is 14.2. The molecule has 3 rings (SSSR count). The Bertz CT molecular complexity index is 995. The number of hydrogen-bond acceptors (Lipinski definition) is 6. The van der Waals surface area contributed by atoms with Gasteiger partial charge in [-0.15, -0.1) is 11.3 Å². The Hall–Kier alpha value is -2.38. The first-order chi connectivity index (χ1) is 13.9. The standard InChI is InChI=1S/C22H25N3O2S2/c1-14(2)17-10-9-15(3)19(11-17)27-12-21(26)25-24-16(4)13-28-22-23-18-7-5-6-8-20(18)29-22/h5-11,14H,12-13H2,1-4H3,(H,25,26). The topological polar surface area (TPSA) is 63.6 Å². The van der Waals surface area contributed by atoms with Gasteiger partial charge in [0.2, 0.25) is 0 Å². The molecule has 29 heavy (non-hydrogen) atoms. The van der Waals surface area contributed by atoms with Gasteiger partial charge in [0.15, 0.2) is 10.9 Å². The number of carbonyl (C=O) groups excluding carboxylic acids is 1. The number of aromatic nitrogens is 1. The van der Waals surface area contributed by atoms with Crippen molar-refractivity contribution in [3.63, 3.8) is 0 Å². The highest BCUT2D eigenvalue weighted by atomic mass is 32.2. The monoisotopic (exact) mass is 427 g/mol. The fourth-order valence-electron chi connectivity index (χ4n) is 2.58. The third kappa shape index (κ3) is 6.05. The van der Waals surface area contributed by atoms with E-state index in [1.165, 1.54) is 10.3 Å². The predicted octanol–water partition coefficient (Wildman–Crippen LogP) is 5.39. The number of ether oxygens (including phenoxy) is 1. The maximum Gasteiger partial charge on any atom is 0.277 e. The molecule has 0 radical (unpaired) electrons. The summed E-state index contributed by atoms with van der Waals surface area (Å²) >= 11 is 3.28. The summed E-state index contributed by atoms with van der Waals surface area (Å²) in [5.41, 5.74) is 6.59. The lowest BCUT2D eigenvalue weighted by molar-refractivity contribution is -0.123. The zero-order chi connectivity index (χ0) is 20.8. The average Bonchev–Trinajstić information content (AvgIpc) is 3.13. The van der Waals surface area contributed by atoms with E-state index in [1.54, 1.807) is 23.1 Å². The maximum absolute atomic E-state index is 12.1. The van der Waals surface area contributed by atoms with Crippen LogP contribution in [0.5, 0.6) is 5.75 Å². The molecule has 0 saturated carbocycles. The Kier molecular flexibility index (Phi) is 7.28. The Morgan fingerprint density at radius 1 is 1.28 bits per heavy atom. The van der Waals surface area contributed by atoms with Crippen LogP contribution in [0.4, 0.5) is 0 Å². The number of rotatable bonds is 8. The molecule has 152 valence electrons. The molecule has 0 bridgehead atoms. The zero-order valence-corrected chi connectivity index (χ0v) is 18.7. The van der Waals surface area contributed by atoms with Crippen molar-refractivity contribution >= 4 is 44.9 Å². The first-order valence-corrected chi connectivity index (χ1v) is 11.3. The minimum Gasteiger partial charge on any atom is -0.483 e. The fraction of sp³-hybridized carbons (Fsp3) is 0.318. The molecule has 0 aliphatic heterocycles. The summed E-state index contributed by atoms with van der Waals surface area (Å²) < 4.78 is 7.86. The quantitative estimate of drug-likeness (QED) is 0.297. The predicted molar refractivity (Wildman–Crippen MR) is 122 cm³/mol. The van der Waals surface area contributed by atoms with E-state index in [4.69, 9.17) is 4.74 Å². The highest BCUT2D eigenvalue weighted by molar-refractivity contribution is 8.01. The first-order valence-electron chi connectivity index (χ1n) is 9.46. The normalized spacial score (nSPS) is 11.8. The molecule has 0 spiro atoms. The van der Waals surface area contributed by atoms with Crippen molar-refractivity contribution in [2.75, 3.05) is 12.4 Å². The number of para-hydroxylation sites is 1. The van der Waals surface area contributed by atoms with Gasteiger partial charge < -0.3 is 4.74 Å². The number of carbonyl (C=O) groups is 1. The van der Waals surface area contributed by atoms with Crippen molar-refractivity contribution in [3.05, 3.63) is 53.6 Å². The second-order valence-electron chi connectivity index (χ2n) is 7.09. The molecule has 0 aliphatic rings. The SMILES string of the molecule is CC(CSc1nc2ccccc2s1)=NNC(=O)COc1cc(C(C)C)ccc1C. The van der Waals surface area contributed by atoms with Crippen LogP contribution in [0.15, 0.2) is 51.9 Å². The summed E-state index contributed by atoms with van der Waals surface area (Å²) in [6.07, 6.45) is 0. The van der Waals surface area contributed by atoms with E-state index in [1.807, 2.05) is 44.2 Å². The molecule has 3 aromatic rings. The lowest BCUT2D eigenvalue weighted by Crippen LogP contribution is -2.26. The fourth-order valence-corrected chi connectivity index (χ4v) is 4.51. The summed E-state index contributed by atoms with van der Waals surface area (Å²) in [7, 11) is 0. The highest BCUT2D eigenvalue weighted by Gasteiger charge is 2.08. The van der Waals surface area contributed by atoms with Crippen LogP contribution in [-0.2, 0) is 4.79 Å². The van der Waals surface area contributed by atoms with Gasteiger partial charge in [-0.1, -0.05) is 49.9 Å². The zero-order valence-electron chi connectivity index (χ0n) is 17.1. The molecule has 1 amide bonds. The van der Waals surface area contributed by atoms with Crippen LogP contribution in [-0.4, -0.2) is 29.0 Å². The van der Waals surface area contributed by atoms with Crippen molar-refractivity contribution in [2.45, 2.75) is 38.0 Å². The molecular weight excluding hydrogens is 402 g/mol. The van der Waals surface area contributed by atoms with Crippen LogP contribution in [0.3, 0.4) is 0 Å². The lowest BCUT2D eigenvalue weighted by atomic mass is 10.0. The molecule has 7 heteroatoms. The van der Waals surface area contributed by atoms with Crippen LogP contribution in [0.1, 0.15) is 37.8 Å². The van der Waals surface area contributed by atoms with Crippen LogP contribution >= 0.6 is 23.1 Å². The van der Waals surface area contributed by atoms with Crippen molar-refractivity contribution in [1.29, 1.82) is 0 Å². The average molecular weight is 428 g/mol. The van der Waals surface area contributed by atoms with E-state index >= 15 is 0 Å². The van der Waals surface area contributed by atoms with Gasteiger partial charge in [0.1, 0.15) is 5.75 Å². The number of hydrogen-bond donors (Lipinski definition) is 1. The Balaban J connectivity index is 1.47. The van der Waals surface area contributed by atoms with Gasteiger partial charge >= 0.3 is 0 Å². The third-order valence-electron chi connectivity index (χ3n) is 4.29. The molecule has 2 aromatic carbocycles. The molecular formula is C22H25N3O2S2. The number of fused-ring (bicyclic) bond motifs is 1. The molecule has 0 atom stereocenters. The van der Waals surface area contributed by atoms with E-state index in [0.717, 1.165) is 26.9 Å². The number of benzene rings is 2. The van der Waals surface area contributed by atoms with Crippen LogP contribution in [0.2, 0.25) is 0 Å². The number of nitrogens with zero attached hydrogens (tertiary/aromatic N) is 2. The molecule has 1 N–H and O–H groups in total. The number of aryl methyl sites for hydroxylation is 1. The van der Waals surface area contributed by atoms with Crippen LogP contribution in [0, 0.1) is 6.92 Å². The van der Waals surface area contributed by atoms with Crippen LogP contribution in [0.25, 0.3) is 10.2 Å². The van der Waals surface area contributed by atoms with Gasteiger partial charge in [-0.2, -0.15) is 5.10 Å². The molecule has 1 aromatic heterocycles. The van der Waals surface area contributed by atoms with Crippen molar-refractivity contribution < 1.29 is 9.53 Å². The number of thioether (sulfide) groups is 1. The van der Waals surface area contributed by atoms with Crippen LogP contribution < -0.4 is 10.2 Å². The van der Waals surface area contributed by atoms with E-state index < -0.39 is 0 Å². The third-order valence-corrected chi connectivity index (χ3v) is 6.62. The number of nitrogens with one attached hydrogen (secondary N) is 1. The molecule has 0 unspecified atom stereocenters. The van der Waals surface area contributed by atoms with E-state index in [2.05, 4.69) is 41.5 Å². The lowest BCUT2D eigenvalue weighted by Gasteiger charge is -2.12. The molecule has 0 saturated heterocycles. The van der Waals surface area contributed by atoms with Crippen molar-refractivity contribution in [2.24, 2.45) is 5.10 Å². The minimum atomic E-state index is -0.274. The van der Waals surface area contributed by atoms with Gasteiger partial charge in [-0.3, -0.25) is 4.79 Å². The van der Waals surface area contributed by atoms with E-state index in [-0.39, 0.29) is 12.5 Å². The van der Waals surface area contributed by atoms with Gasteiger partial charge in [-0.25, -0.2) is 10.4 Å². The second kappa shape index (κ2) is 9.89. The van der Waals surface area contributed by atoms with Gasteiger partial charge in [0.05, 0.1) is 10.2 Å². The number of hydrazone groups is 1. The van der Waals surface area contributed by atoms with E-state index in [9.17, 15) is 4.79 Å². The van der Waals surface area contributed by atoms with E-state index in [0.29, 0.717) is 11.7 Å². The smallest absolute Gasteiger partial charge is 0.277 e. The molecule has 5 nitrogen and oxygen atoms in total. The van der Waals surface area contributed by atoms with Gasteiger partial charge in [0, 0.05) is 11.5 Å². The highest BCUT2D eigenvalue weighted by Crippen LogP contribution is 2.29. The Morgan fingerprint density at radius 3 is 2.83 bits per heavy atom. The molecule has 0 fully saturated rings. The summed E-state index contributed by atoms with van der Waals surface area (Å²) in [4.78, 5) is 16.7. The Labute approximate surface area is 179 Å². The van der Waals surface area contributed by atoms with Crippen molar-refractivity contribution in [3.8, 4) is 5.75 Å². The van der Waals surface area contributed by atoms with Gasteiger partial charge in [0.25, 0.3) is 5.91 Å². The van der Waals surface area contributed by atoms with Gasteiger partial charge in [-0.05, 0) is 49.1 Å². The molecule has 1 heterocycles. The minimum absolute atomic E-state index is 0.0653.